The monoisotopic (exact) mass is 450 g/mol. The van der Waals surface area contributed by atoms with E-state index in [0.29, 0.717) is 21.6 Å². The van der Waals surface area contributed by atoms with Gasteiger partial charge in [-0.25, -0.2) is 4.98 Å². The minimum atomic E-state index is -0.166. The molecule has 3 N–H and O–H groups in total. The van der Waals surface area contributed by atoms with Crippen LogP contribution in [0.15, 0.2) is 22.9 Å². The van der Waals surface area contributed by atoms with Crippen LogP contribution in [0.25, 0.3) is 0 Å². The Labute approximate surface area is 179 Å². The quantitative estimate of drug-likeness (QED) is 0.729. The van der Waals surface area contributed by atoms with E-state index in [1.54, 1.807) is 6.07 Å². The Morgan fingerprint density at radius 1 is 1.33 bits per heavy atom. The Hall–Kier alpha value is -1.19. The van der Waals surface area contributed by atoms with Crippen molar-refractivity contribution in [3.05, 3.63) is 33.5 Å². The Morgan fingerprint density at radius 3 is 2.63 bits per heavy atom. The van der Waals surface area contributed by atoms with Crippen LogP contribution < -0.4 is 11.1 Å². The first kappa shape index (κ1) is 23.8. The number of nitrogens with one attached hydrogen (secondary N) is 1. The molecule has 150 valence electrons. The molecule has 1 aliphatic heterocycles. The molecule has 0 aliphatic carbocycles. The molecule has 3 heterocycles. The minimum Gasteiger partial charge on any atom is -0.342 e. The predicted octanol–water partition coefficient (Wildman–Crippen LogP) is 3.43. The third kappa shape index (κ3) is 6.43. The van der Waals surface area contributed by atoms with Crippen LogP contribution in [0.1, 0.15) is 35.1 Å². The smallest absolute Gasteiger partial charge is 0.267 e. The third-order valence-electron chi connectivity index (χ3n) is 4.49. The number of hydrogen-bond acceptors (Lipinski definition) is 6. The standard InChI is InChI=1S/C17H22N4O2S2.2ClH/c1-11(18)12-4-6-21(7-5-12)15(22)9-13-10-25-17(19-13)20-16(23)14-3-2-8-24-14;;/h2-3,8,10-12H,4-7,9,18H2,1H3,(H,19,20,23);2*1H. The number of anilines is 1. The number of piperidine rings is 1. The van der Waals surface area contributed by atoms with Crippen molar-refractivity contribution in [3.63, 3.8) is 0 Å². The molecule has 0 aromatic carbocycles. The zero-order valence-corrected chi connectivity index (χ0v) is 18.2. The van der Waals surface area contributed by atoms with Crippen LogP contribution >= 0.6 is 47.5 Å². The molecule has 0 bridgehead atoms. The number of carbonyl (C=O) groups is 2. The zero-order valence-electron chi connectivity index (χ0n) is 14.9. The first-order chi connectivity index (χ1) is 12.0. The second kappa shape index (κ2) is 11.0. The van der Waals surface area contributed by atoms with E-state index in [1.807, 2.05) is 28.7 Å². The van der Waals surface area contributed by atoms with Crippen molar-refractivity contribution in [1.82, 2.24) is 9.88 Å². The number of carbonyl (C=O) groups excluding carboxylic acids is 2. The fourth-order valence-electron chi connectivity index (χ4n) is 2.95. The largest absolute Gasteiger partial charge is 0.342 e. The molecule has 2 amide bonds. The normalized spacial score (nSPS) is 15.4. The summed E-state index contributed by atoms with van der Waals surface area (Å²) in [4.78, 5) is 31.4. The summed E-state index contributed by atoms with van der Waals surface area (Å²) in [6.45, 7) is 3.55. The Morgan fingerprint density at radius 2 is 2.04 bits per heavy atom. The van der Waals surface area contributed by atoms with Gasteiger partial charge < -0.3 is 10.6 Å². The van der Waals surface area contributed by atoms with Crippen molar-refractivity contribution >= 4 is 64.4 Å². The molecular weight excluding hydrogens is 427 g/mol. The lowest BCUT2D eigenvalue weighted by Crippen LogP contribution is -2.43. The van der Waals surface area contributed by atoms with Gasteiger partial charge in [0, 0.05) is 24.5 Å². The minimum absolute atomic E-state index is 0. The van der Waals surface area contributed by atoms with Crippen molar-refractivity contribution in [3.8, 4) is 0 Å². The predicted molar refractivity (Wildman–Crippen MR) is 116 cm³/mol. The summed E-state index contributed by atoms with van der Waals surface area (Å²) in [5.74, 6) is 0.423. The van der Waals surface area contributed by atoms with Gasteiger partial charge in [0.2, 0.25) is 5.91 Å². The number of nitrogens with zero attached hydrogens (tertiary/aromatic N) is 2. The number of thiophene rings is 1. The molecule has 2 aromatic heterocycles. The summed E-state index contributed by atoms with van der Waals surface area (Å²) in [6.07, 6.45) is 2.19. The van der Waals surface area contributed by atoms with Gasteiger partial charge in [0.25, 0.3) is 5.91 Å². The molecule has 0 saturated carbocycles. The van der Waals surface area contributed by atoms with Gasteiger partial charge >= 0.3 is 0 Å². The highest BCUT2D eigenvalue weighted by molar-refractivity contribution is 7.14. The molecule has 1 aliphatic rings. The van der Waals surface area contributed by atoms with Crippen LogP contribution in [0, 0.1) is 5.92 Å². The molecule has 1 fully saturated rings. The summed E-state index contributed by atoms with van der Waals surface area (Å²) in [7, 11) is 0. The Kier molecular flexibility index (Phi) is 9.69. The summed E-state index contributed by atoms with van der Waals surface area (Å²) in [6, 6.07) is 3.79. The van der Waals surface area contributed by atoms with Gasteiger partial charge in [-0.2, -0.15) is 0 Å². The molecule has 6 nitrogen and oxygen atoms in total. The fraction of sp³-hybridized carbons (Fsp3) is 0.471. The van der Waals surface area contributed by atoms with Crippen molar-refractivity contribution in [2.24, 2.45) is 11.7 Å². The number of hydrogen-bond donors (Lipinski definition) is 2. The van der Waals surface area contributed by atoms with E-state index in [1.165, 1.54) is 22.7 Å². The highest BCUT2D eigenvalue weighted by Gasteiger charge is 2.25. The van der Waals surface area contributed by atoms with E-state index in [4.69, 9.17) is 5.73 Å². The number of amides is 2. The van der Waals surface area contributed by atoms with Gasteiger partial charge in [-0.3, -0.25) is 14.9 Å². The van der Waals surface area contributed by atoms with Crippen LogP contribution in [-0.4, -0.2) is 40.8 Å². The number of likely N-dealkylation sites (tertiary alicyclic amines) is 1. The van der Waals surface area contributed by atoms with Crippen LogP contribution in [0.2, 0.25) is 0 Å². The second-order valence-electron chi connectivity index (χ2n) is 6.33. The van der Waals surface area contributed by atoms with Crippen molar-refractivity contribution < 1.29 is 9.59 Å². The lowest BCUT2D eigenvalue weighted by Gasteiger charge is -2.33. The Bertz CT molecular complexity index is 729. The number of thiazole rings is 1. The second-order valence-corrected chi connectivity index (χ2v) is 8.14. The first-order valence-corrected chi connectivity index (χ1v) is 10.1. The van der Waals surface area contributed by atoms with Gasteiger partial charge in [-0.1, -0.05) is 6.07 Å². The average Bonchev–Trinajstić information content (AvgIpc) is 3.27. The lowest BCUT2D eigenvalue weighted by molar-refractivity contribution is -0.132. The van der Waals surface area contributed by atoms with Gasteiger partial charge in [0.05, 0.1) is 17.0 Å². The highest BCUT2D eigenvalue weighted by atomic mass is 35.5. The maximum Gasteiger partial charge on any atom is 0.267 e. The topological polar surface area (TPSA) is 88.3 Å². The molecule has 10 heteroatoms. The van der Waals surface area contributed by atoms with Crippen LogP contribution in [-0.2, 0) is 11.2 Å². The summed E-state index contributed by atoms with van der Waals surface area (Å²) < 4.78 is 0. The molecule has 0 radical (unpaired) electrons. The molecule has 2 aromatic rings. The highest BCUT2D eigenvalue weighted by Crippen LogP contribution is 2.22. The maximum atomic E-state index is 12.4. The molecule has 27 heavy (non-hydrogen) atoms. The fourth-order valence-corrected chi connectivity index (χ4v) is 4.28. The van der Waals surface area contributed by atoms with Crippen molar-refractivity contribution in [2.75, 3.05) is 18.4 Å². The summed E-state index contributed by atoms with van der Waals surface area (Å²) in [5, 5.41) is 6.99. The molecular formula is C17H24Cl2N4O2S2. The number of rotatable bonds is 5. The number of halogens is 2. The van der Waals surface area contributed by atoms with Crippen LogP contribution in [0.4, 0.5) is 5.13 Å². The van der Waals surface area contributed by atoms with E-state index in [0.717, 1.165) is 25.9 Å². The average molecular weight is 451 g/mol. The number of nitrogens with two attached hydrogens (primary N) is 1. The van der Waals surface area contributed by atoms with E-state index in [2.05, 4.69) is 10.3 Å². The van der Waals surface area contributed by atoms with Crippen LogP contribution in [0.5, 0.6) is 0 Å². The van der Waals surface area contributed by atoms with E-state index >= 15 is 0 Å². The van der Waals surface area contributed by atoms with Crippen molar-refractivity contribution in [2.45, 2.75) is 32.2 Å². The van der Waals surface area contributed by atoms with E-state index in [-0.39, 0.29) is 49.1 Å². The number of aromatic nitrogens is 1. The van der Waals surface area contributed by atoms with Crippen molar-refractivity contribution in [1.29, 1.82) is 0 Å². The molecule has 1 saturated heterocycles. The molecule has 1 atom stereocenters. The molecule has 0 spiro atoms. The maximum absolute atomic E-state index is 12.4. The first-order valence-electron chi connectivity index (χ1n) is 8.35. The lowest BCUT2D eigenvalue weighted by atomic mass is 9.91. The van der Waals surface area contributed by atoms with E-state index < -0.39 is 0 Å². The zero-order chi connectivity index (χ0) is 17.8. The third-order valence-corrected chi connectivity index (χ3v) is 6.16. The van der Waals surface area contributed by atoms with E-state index in [9.17, 15) is 9.59 Å². The molecule has 1 unspecified atom stereocenters. The van der Waals surface area contributed by atoms with Gasteiger partial charge in [0.1, 0.15) is 0 Å². The summed E-state index contributed by atoms with van der Waals surface area (Å²) >= 11 is 2.73. The SMILES string of the molecule is CC(N)C1CCN(C(=O)Cc2csc(NC(=O)c3cccs3)n2)CC1.Cl.Cl. The van der Waals surface area contributed by atoms with Gasteiger partial charge in [-0.05, 0) is 37.1 Å². The Balaban J connectivity index is 0.00000182. The summed E-state index contributed by atoms with van der Waals surface area (Å²) in [5.41, 5.74) is 6.64. The molecule has 3 rings (SSSR count). The van der Waals surface area contributed by atoms with Gasteiger partial charge in [0.15, 0.2) is 5.13 Å². The van der Waals surface area contributed by atoms with Gasteiger partial charge in [-0.15, -0.1) is 47.5 Å². The van der Waals surface area contributed by atoms with Crippen LogP contribution in [0.3, 0.4) is 0 Å².